The summed E-state index contributed by atoms with van der Waals surface area (Å²) in [5, 5.41) is 2.90. The normalized spacial score (nSPS) is 13.6. The van der Waals surface area contributed by atoms with Crippen LogP contribution in [-0.2, 0) is 14.8 Å². The van der Waals surface area contributed by atoms with Crippen LogP contribution >= 0.6 is 0 Å². The number of anilines is 1. The third-order valence-electron chi connectivity index (χ3n) is 4.63. The highest BCUT2D eigenvalue weighted by Gasteiger charge is 2.21. The van der Waals surface area contributed by atoms with Gasteiger partial charge in [0.05, 0.1) is 18.0 Å². The number of aryl methyl sites for hydroxylation is 1. The number of hydrogen-bond acceptors (Lipinski definition) is 4. The highest BCUT2D eigenvalue weighted by Crippen LogP contribution is 2.26. The molecule has 0 heterocycles. The van der Waals surface area contributed by atoms with Crippen LogP contribution in [0.15, 0.2) is 42.5 Å². The van der Waals surface area contributed by atoms with Crippen molar-refractivity contribution in [3.05, 3.63) is 59.2 Å². The fourth-order valence-corrected chi connectivity index (χ4v) is 3.51. The Bertz CT molecular complexity index is 971. The van der Waals surface area contributed by atoms with Crippen molar-refractivity contribution in [1.82, 2.24) is 5.32 Å². The Labute approximate surface area is 173 Å². The monoisotopic (exact) mass is 418 g/mol. The average molecular weight is 419 g/mol. The van der Waals surface area contributed by atoms with E-state index in [4.69, 9.17) is 4.74 Å². The number of benzene rings is 2. The standard InChI is InChI=1S/C22H30N2O4S/c1-14(2)18-12-11-15(3)21(13-18)28-17(5)22(25)23-16(4)19-9-7-8-10-20(19)24-29(6,26)27/h7-14,16-17,24H,1-6H3,(H,23,25). The summed E-state index contributed by atoms with van der Waals surface area (Å²) in [4.78, 5) is 12.7. The number of rotatable bonds is 8. The molecular formula is C22H30N2O4S. The van der Waals surface area contributed by atoms with Crippen LogP contribution in [0.3, 0.4) is 0 Å². The lowest BCUT2D eigenvalue weighted by atomic mass is 10.0. The summed E-state index contributed by atoms with van der Waals surface area (Å²) in [7, 11) is -3.42. The van der Waals surface area contributed by atoms with Crippen molar-refractivity contribution in [2.45, 2.75) is 52.7 Å². The van der Waals surface area contributed by atoms with Crippen LogP contribution in [0.5, 0.6) is 5.75 Å². The smallest absolute Gasteiger partial charge is 0.261 e. The molecule has 6 nitrogen and oxygen atoms in total. The maximum absolute atomic E-state index is 12.7. The molecule has 0 saturated carbocycles. The zero-order valence-electron chi connectivity index (χ0n) is 17.8. The van der Waals surface area contributed by atoms with Gasteiger partial charge in [0.2, 0.25) is 10.0 Å². The third kappa shape index (κ3) is 6.49. The largest absolute Gasteiger partial charge is 0.481 e. The molecule has 0 aliphatic heterocycles. The Morgan fingerprint density at radius 1 is 1.03 bits per heavy atom. The van der Waals surface area contributed by atoms with E-state index in [0.717, 1.165) is 17.4 Å². The maximum Gasteiger partial charge on any atom is 0.261 e. The lowest BCUT2D eigenvalue weighted by Gasteiger charge is -2.22. The van der Waals surface area contributed by atoms with Gasteiger partial charge in [0, 0.05) is 0 Å². The van der Waals surface area contributed by atoms with Gasteiger partial charge < -0.3 is 10.1 Å². The number of amides is 1. The van der Waals surface area contributed by atoms with Crippen molar-refractivity contribution in [1.29, 1.82) is 0 Å². The molecule has 2 aromatic carbocycles. The predicted molar refractivity (Wildman–Crippen MR) is 117 cm³/mol. The fourth-order valence-electron chi connectivity index (χ4n) is 2.92. The summed E-state index contributed by atoms with van der Waals surface area (Å²) in [6.45, 7) is 9.66. The van der Waals surface area contributed by atoms with Gasteiger partial charge in [-0.05, 0) is 55.5 Å². The van der Waals surface area contributed by atoms with Gasteiger partial charge >= 0.3 is 0 Å². The third-order valence-corrected chi connectivity index (χ3v) is 5.22. The Morgan fingerprint density at radius 2 is 1.69 bits per heavy atom. The summed E-state index contributed by atoms with van der Waals surface area (Å²) in [5.74, 6) is 0.771. The Morgan fingerprint density at radius 3 is 2.31 bits per heavy atom. The molecule has 0 bridgehead atoms. The molecule has 1 amide bonds. The SMILES string of the molecule is Cc1ccc(C(C)C)cc1OC(C)C(=O)NC(C)c1ccccc1NS(C)(=O)=O. The molecule has 29 heavy (non-hydrogen) atoms. The van der Waals surface area contributed by atoms with Crippen LogP contribution in [0.25, 0.3) is 0 Å². The number of hydrogen-bond donors (Lipinski definition) is 2. The summed E-state index contributed by atoms with van der Waals surface area (Å²) < 4.78 is 31.6. The van der Waals surface area contributed by atoms with Crippen molar-refractivity contribution in [3.63, 3.8) is 0 Å². The molecule has 0 fully saturated rings. The molecule has 7 heteroatoms. The molecule has 0 aliphatic rings. The lowest BCUT2D eigenvalue weighted by molar-refractivity contribution is -0.127. The topological polar surface area (TPSA) is 84.5 Å². The van der Waals surface area contributed by atoms with Gasteiger partial charge in [-0.15, -0.1) is 0 Å². The first-order valence-electron chi connectivity index (χ1n) is 9.62. The van der Waals surface area contributed by atoms with Crippen molar-refractivity contribution < 1.29 is 17.9 Å². The lowest BCUT2D eigenvalue weighted by Crippen LogP contribution is -2.38. The average Bonchev–Trinajstić information content (AvgIpc) is 2.62. The second kappa shape index (κ2) is 9.31. The Hall–Kier alpha value is -2.54. The fraction of sp³-hybridized carbons (Fsp3) is 0.409. The highest BCUT2D eigenvalue weighted by molar-refractivity contribution is 7.92. The second-order valence-corrected chi connectivity index (χ2v) is 9.38. The van der Waals surface area contributed by atoms with E-state index in [9.17, 15) is 13.2 Å². The zero-order valence-corrected chi connectivity index (χ0v) is 18.6. The molecule has 2 aromatic rings. The summed E-state index contributed by atoms with van der Waals surface area (Å²) in [6, 6.07) is 12.6. The molecule has 2 N–H and O–H groups in total. The van der Waals surface area contributed by atoms with Gasteiger partial charge in [-0.1, -0.05) is 44.2 Å². The van der Waals surface area contributed by atoms with Crippen LogP contribution in [0.1, 0.15) is 56.3 Å². The minimum Gasteiger partial charge on any atom is -0.481 e. The molecular weight excluding hydrogens is 388 g/mol. The van der Waals surface area contributed by atoms with Gasteiger partial charge in [-0.2, -0.15) is 0 Å². The first-order chi connectivity index (χ1) is 13.5. The number of nitrogens with one attached hydrogen (secondary N) is 2. The molecule has 2 unspecified atom stereocenters. The van der Waals surface area contributed by atoms with Gasteiger partial charge in [0.15, 0.2) is 6.10 Å². The van der Waals surface area contributed by atoms with Crippen LogP contribution in [0.2, 0.25) is 0 Å². The number of ether oxygens (including phenoxy) is 1. The molecule has 0 saturated heterocycles. The quantitative estimate of drug-likeness (QED) is 0.675. The molecule has 0 aliphatic carbocycles. The molecule has 158 valence electrons. The molecule has 2 rings (SSSR count). The van der Waals surface area contributed by atoms with Crippen LogP contribution in [0, 0.1) is 6.92 Å². The Kier molecular flexibility index (Phi) is 7.30. The number of carbonyl (C=O) groups excluding carboxylic acids is 1. The molecule has 0 aromatic heterocycles. The number of para-hydroxylation sites is 1. The van der Waals surface area contributed by atoms with E-state index in [1.165, 1.54) is 0 Å². The molecule has 0 radical (unpaired) electrons. The Balaban J connectivity index is 2.12. The van der Waals surface area contributed by atoms with E-state index >= 15 is 0 Å². The van der Waals surface area contributed by atoms with E-state index < -0.39 is 22.2 Å². The van der Waals surface area contributed by atoms with Crippen LogP contribution < -0.4 is 14.8 Å². The van der Waals surface area contributed by atoms with Gasteiger partial charge in [-0.25, -0.2) is 8.42 Å². The van der Waals surface area contributed by atoms with E-state index in [1.807, 2.05) is 19.1 Å². The minimum atomic E-state index is -3.42. The second-order valence-electron chi connectivity index (χ2n) is 7.63. The number of sulfonamides is 1. The van der Waals surface area contributed by atoms with E-state index in [0.29, 0.717) is 22.9 Å². The first-order valence-corrected chi connectivity index (χ1v) is 11.5. The van der Waals surface area contributed by atoms with Crippen molar-refractivity contribution in [2.75, 3.05) is 11.0 Å². The number of carbonyl (C=O) groups is 1. The molecule has 0 spiro atoms. The van der Waals surface area contributed by atoms with Crippen molar-refractivity contribution in [2.24, 2.45) is 0 Å². The van der Waals surface area contributed by atoms with Crippen LogP contribution in [0.4, 0.5) is 5.69 Å². The summed E-state index contributed by atoms with van der Waals surface area (Å²) in [6.07, 6.45) is 0.393. The minimum absolute atomic E-state index is 0.277. The highest BCUT2D eigenvalue weighted by atomic mass is 32.2. The maximum atomic E-state index is 12.7. The molecule has 2 atom stereocenters. The summed E-state index contributed by atoms with van der Waals surface area (Å²) in [5.41, 5.74) is 3.23. The van der Waals surface area contributed by atoms with Crippen molar-refractivity contribution in [3.8, 4) is 5.75 Å². The summed E-state index contributed by atoms with van der Waals surface area (Å²) >= 11 is 0. The van der Waals surface area contributed by atoms with Gasteiger partial charge in [0.25, 0.3) is 5.91 Å². The first kappa shape index (κ1) is 22.7. The van der Waals surface area contributed by atoms with Gasteiger partial charge in [-0.3, -0.25) is 9.52 Å². The van der Waals surface area contributed by atoms with Crippen molar-refractivity contribution >= 4 is 21.6 Å². The van der Waals surface area contributed by atoms with E-state index in [-0.39, 0.29) is 5.91 Å². The van der Waals surface area contributed by atoms with Crippen LogP contribution in [-0.4, -0.2) is 26.7 Å². The van der Waals surface area contributed by atoms with Gasteiger partial charge in [0.1, 0.15) is 5.75 Å². The van der Waals surface area contributed by atoms with E-state index in [1.54, 1.807) is 38.1 Å². The zero-order chi connectivity index (χ0) is 21.8. The predicted octanol–water partition coefficient (Wildman–Crippen LogP) is 4.13. The van der Waals surface area contributed by atoms with E-state index in [2.05, 4.69) is 30.0 Å².